The highest BCUT2D eigenvalue weighted by atomic mass is 35.5. The second-order valence-electron chi connectivity index (χ2n) is 6.79. The Balaban J connectivity index is 1.49. The molecule has 6 nitrogen and oxygen atoms in total. The molecule has 4 rings (SSSR count). The number of likely N-dealkylation sites (tertiary alicyclic amines) is 1. The van der Waals surface area contributed by atoms with Crippen LogP contribution >= 0.6 is 11.6 Å². The molecular weight excluding hydrogens is 378 g/mol. The molecule has 1 amide bonds. The molecule has 1 aliphatic heterocycles. The number of benzene rings is 2. The number of aromatic nitrogens is 2. The lowest BCUT2D eigenvalue weighted by Crippen LogP contribution is -2.39. The van der Waals surface area contributed by atoms with Gasteiger partial charge in [-0.05, 0) is 55.3 Å². The van der Waals surface area contributed by atoms with Crippen molar-refractivity contribution in [2.24, 2.45) is 0 Å². The van der Waals surface area contributed by atoms with Crippen LogP contribution in [0.1, 0.15) is 35.0 Å². The fraction of sp³-hybridized carbons (Fsp3) is 0.286. The predicted molar refractivity (Wildman–Crippen MR) is 106 cm³/mol. The third kappa shape index (κ3) is 3.87. The fourth-order valence-corrected chi connectivity index (χ4v) is 3.62. The number of piperidine rings is 1. The number of carbonyl (C=O) groups is 1. The minimum absolute atomic E-state index is 0.0244. The van der Waals surface area contributed by atoms with Gasteiger partial charge in [-0.25, -0.2) is 0 Å². The molecule has 3 aromatic rings. The van der Waals surface area contributed by atoms with Crippen molar-refractivity contribution in [2.75, 3.05) is 20.2 Å². The molecular formula is C21H20ClN3O3. The van der Waals surface area contributed by atoms with E-state index in [-0.39, 0.29) is 11.8 Å². The quantitative estimate of drug-likeness (QED) is 0.651. The van der Waals surface area contributed by atoms with E-state index in [2.05, 4.69) is 10.1 Å². The van der Waals surface area contributed by atoms with Crippen LogP contribution in [0.4, 0.5) is 0 Å². The van der Waals surface area contributed by atoms with E-state index < -0.39 is 0 Å². The summed E-state index contributed by atoms with van der Waals surface area (Å²) in [6, 6.07) is 14.5. The molecule has 1 saturated heterocycles. The van der Waals surface area contributed by atoms with Gasteiger partial charge in [0.1, 0.15) is 5.75 Å². The Kier molecular flexibility index (Phi) is 5.30. The maximum absolute atomic E-state index is 12.8. The molecule has 2 heterocycles. The van der Waals surface area contributed by atoms with E-state index in [4.69, 9.17) is 20.9 Å². The van der Waals surface area contributed by atoms with Crippen molar-refractivity contribution < 1.29 is 14.1 Å². The van der Waals surface area contributed by atoms with Crippen molar-refractivity contribution >= 4 is 17.5 Å². The van der Waals surface area contributed by atoms with Crippen LogP contribution < -0.4 is 4.74 Å². The Morgan fingerprint density at radius 3 is 2.82 bits per heavy atom. The summed E-state index contributed by atoms with van der Waals surface area (Å²) in [5.74, 6) is 1.87. The van der Waals surface area contributed by atoms with Gasteiger partial charge in [-0.3, -0.25) is 4.79 Å². The van der Waals surface area contributed by atoms with Crippen molar-refractivity contribution in [3.63, 3.8) is 0 Å². The second-order valence-corrected chi connectivity index (χ2v) is 7.22. The monoisotopic (exact) mass is 397 g/mol. The summed E-state index contributed by atoms with van der Waals surface area (Å²) in [6.07, 6.45) is 1.79. The Morgan fingerprint density at radius 1 is 1.25 bits per heavy atom. The van der Waals surface area contributed by atoms with E-state index >= 15 is 0 Å². The zero-order chi connectivity index (χ0) is 19.5. The molecule has 2 aromatic carbocycles. The number of rotatable bonds is 4. The summed E-state index contributed by atoms with van der Waals surface area (Å²) in [5, 5.41) is 4.66. The minimum Gasteiger partial charge on any atom is -0.497 e. The molecule has 144 valence electrons. The molecule has 1 fully saturated rings. The zero-order valence-corrected chi connectivity index (χ0v) is 16.2. The summed E-state index contributed by atoms with van der Waals surface area (Å²) in [5.41, 5.74) is 1.45. The molecule has 1 atom stereocenters. The summed E-state index contributed by atoms with van der Waals surface area (Å²) in [4.78, 5) is 19.2. The number of nitrogens with zero attached hydrogens (tertiary/aromatic N) is 3. The first-order valence-corrected chi connectivity index (χ1v) is 9.54. The van der Waals surface area contributed by atoms with E-state index in [1.807, 2.05) is 29.2 Å². The number of hydrogen-bond acceptors (Lipinski definition) is 5. The largest absolute Gasteiger partial charge is 0.497 e. The molecule has 28 heavy (non-hydrogen) atoms. The highest BCUT2D eigenvalue weighted by molar-refractivity contribution is 6.30. The summed E-state index contributed by atoms with van der Waals surface area (Å²) in [7, 11) is 1.63. The van der Waals surface area contributed by atoms with Crippen molar-refractivity contribution in [1.29, 1.82) is 0 Å². The molecule has 0 aliphatic carbocycles. The molecule has 1 aromatic heterocycles. The SMILES string of the molecule is COc1ccc(-c2noc([C@@H]3CCCN(C(=O)c4cccc(Cl)c4)C3)n2)cc1. The highest BCUT2D eigenvalue weighted by Gasteiger charge is 2.29. The standard InChI is InChI=1S/C21H20ClN3O3/c1-27-18-9-7-14(8-10-18)19-23-20(28-24-19)16-5-3-11-25(13-16)21(26)15-4-2-6-17(22)12-15/h2,4,6-10,12,16H,3,5,11,13H2,1H3/t16-/m1/s1. The van der Waals surface area contributed by atoms with Crippen LogP contribution in [0.15, 0.2) is 53.1 Å². The van der Waals surface area contributed by atoms with Crippen LogP contribution in [-0.4, -0.2) is 41.1 Å². The van der Waals surface area contributed by atoms with Gasteiger partial charge < -0.3 is 14.2 Å². The Hall–Kier alpha value is -2.86. The summed E-state index contributed by atoms with van der Waals surface area (Å²) < 4.78 is 10.7. The molecule has 1 aliphatic rings. The van der Waals surface area contributed by atoms with Crippen molar-refractivity contribution in [1.82, 2.24) is 15.0 Å². The van der Waals surface area contributed by atoms with Crippen LogP contribution in [0.3, 0.4) is 0 Å². The van der Waals surface area contributed by atoms with Crippen LogP contribution in [0.25, 0.3) is 11.4 Å². The number of halogens is 1. The maximum atomic E-state index is 12.8. The average molecular weight is 398 g/mol. The molecule has 0 bridgehead atoms. The summed E-state index contributed by atoms with van der Waals surface area (Å²) in [6.45, 7) is 1.26. The number of carbonyl (C=O) groups excluding carboxylic acids is 1. The third-order valence-corrected chi connectivity index (χ3v) is 5.15. The normalized spacial score (nSPS) is 16.8. The fourth-order valence-electron chi connectivity index (χ4n) is 3.43. The van der Waals surface area contributed by atoms with Gasteiger partial charge in [0, 0.05) is 29.2 Å². The lowest BCUT2D eigenvalue weighted by molar-refractivity contribution is 0.0695. The minimum atomic E-state index is -0.0258. The second kappa shape index (κ2) is 8.02. The first-order chi connectivity index (χ1) is 13.6. The first kappa shape index (κ1) is 18.5. The van der Waals surface area contributed by atoms with E-state index in [0.717, 1.165) is 24.2 Å². The van der Waals surface area contributed by atoms with Crippen molar-refractivity contribution in [3.05, 3.63) is 65.0 Å². The average Bonchev–Trinajstić information content (AvgIpc) is 3.24. The first-order valence-electron chi connectivity index (χ1n) is 9.17. The molecule has 0 radical (unpaired) electrons. The Labute approximate surface area is 168 Å². The van der Waals surface area contributed by atoms with Crippen LogP contribution in [0.2, 0.25) is 5.02 Å². The molecule has 0 N–H and O–H groups in total. The van der Waals surface area contributed by atoms with Crippen LogP contribution in [0.5, 0.6) is 5.75 Å². The van der Waals surface area contributed by atoms with E-state index in [0.29, 0.717) is 35.4 Å². The zero-order valence-electron chi connectivity index (χ0n) is 15.5. The van der Waals surface area contributed by atoms with Crippen LogP contribution in [0, 0.1) is 0 Å². The Bertz CT molecular complexity index is 971. The molecule has 0 spiro atoms. The lowest BCUT2D eigenvalue weighted by atomic mass is 9.97. The van der Waals surface area contributed by atoms with Gasteiger partial charge >= 0.3 is 0 Å². The van der Waals surface area contributed by atoms with Gasteiger partial charge in [-0.2, -0.15) is 4.98 Å². The number of ether oxygens (including phenoxy) is 1. The van der Waals surface area contributed by atoms with Gasteiger partial charge in [0.05, 0.1) is 13.0 Å². The van der Waals surface area contributed by atoms with Crippen molar-refractivity contribution in [2.45, 2.75) is 18.8 Å². The third-order valence-electron chi connectivity index (χ3n) is 4.92. The summed E-state index contributed by atoms with van der Waals surface area (Å²) >= 11 is 6.02. The number of amides is 1. The lowest BCUT2D eigenvalue weighted by Gasteiger charge is -2.31. The molecule has 0 saturated carbocycles. The smallest absolute Gasteiger partial charge is 0.253 e. The van der Waals surface area contributed by atoms with Crippen molar-refractivity contribution in [3.8, 4) is 17.1 Å². The number of hydrogen-bond donors (Lipinski definition) is 0. The predicted octanol–water partition coefficient (Wildman–Crippen LogP) is 4.42. The van der Waals surface area contributed by atoms with Crippen LogP contribution in [-0.2, 0) is 0 Å². The van der Waals surface area contributed by atoms with Gasteiger partial charge in [0.2, 0.25) is 11.7 Å². The van der Waals surface area contributed by atoms with Gasteiger partial charge in [-0.15, -0.1) is 0 Å². The highest BCUT2D eigenvalue weighted by Crippen LogP contribution is 2.29. The van der Waals surface area contributed by atoms with E-state index in [1.54, 1.807) is 31.4 Å². The van der Waals surface area contributed by atoms with Gasteiger partial charge in [0.25, 0.3) is 5.91 Å². The maximum Gasteiger partial charge on any atom is 0.253 e. The molecule has 0 unspecified atom stereocenters. The van der Waals surface area contributed by atoms with Gasteiger partial charge in [-0.1, -0.05) is 22.8 Å². The number of methoxy groups -OCH3 is 1. The topological polar surface area (TPSA) is 68.5 Å². The van der Waals surface area contributed by atoms with Gasteiger partial charge in [0.15, 0.2) is 0 Å². The molecule has 7 heteroatoms. The van der Waals surface area contributed by atoms with E-state index in [9.17, 15) is 4.79 Å². The Morgan fingerprint density at radius 2 is 2.07 bits per heavy atom. The van der Waals surface area contributed by atoms with E-state index in [1.165, 1.54) is 0 Å².